The number of hydrogen-bond acceptors (Lipinski definition) is 9. The van der Waals surface area contributed by atoms with E-state index in [2.05, 4.69) is 10.5 Å². The zero-order valence-corrected chi connectivity index (χ0v) is 13.6. The van der Waals surface area contributed by atoms with E-state index >= 15 is 0 Å². The molecule has 9 nitrogen and oxygen atoms in total. The van der Waals surface area contributed by atoms with Crippen molar-refractivity contribution in [1.29, 1.82) is 10.5 Å². The smallest absolute Gasteiger partial charge is 0.338 e. The first-order valence-electron chi connectivity index (χ1n) is 7.42. The van der Waals surface area contributed by atoms with Crippen LogP contribution in [0.4, 0.5) is 5.69 Å². The molecule has 0 spiro atoms. The highest BCUT2D eigenvalue weighted by Crippen LogP contribution is 2.26. The molecule has 1 atom stereocenters. The fraction of sp³-hybridized carbons (Fsp3) is 0.375. The number of hydrogen-bond donors (Lipinski definition) is 3. The van der Waals surface area contributed by atoms with Gasteiger partial charge in [0, 0.05) is 0 Å². The molecule has 0 radical (unpaired) electrons. The Bertz CT molecular complexity index is 689. The average Bonchev–Trinajstić information content (AvgIpc) is 2.65. The van der Waals surface area contributed by atoms with Crippen molar-refractivity contribution in [2.45, 2.75) is 19.4 Å². The van der Waals surface area contributed by atoms with Crippen molar-refractivity contribution in [3.05, 3.63) is 23.8 Å². The molecule has 0 amide bonds. The maximum atomic E-state index is 12.0. The first-order valence-corrected chi connectivity index (χ1v) is 7.42. The van der Waals surface area contributed by atoms with Crippen LogP contribution in [0.5, 0.6) is 5.75 Å². The SMILES string of the molecule is CCCOc1ccc(C(=O)OCC(O)CO)cc1NN=C(C#N)C#N. The molecule has 1 rings (SSSR count). The molecule has 3 N–H and O–H groups in total. The second kappa shape index (κ2) is 10.6. The van der Waals surface area contributed by atoms with Crippen LogP contribution in [0.3, 0.4) is 0 Å². The Morgan fingerprint density at radius 3 is 2.72 bits per heavy atom. The van der Waals surface area contributed by atoms with Gasteiger partial charge in [-0.2, -0.15) is 15.6 Å². The first-order chi connectivity index (χ1) is 12.0. The summed E-state index contributed by atoms with van der Waals surface area (Å²) in [4.78, 5) is 12.0. The van der Waals surface area contributed by atoms with Crippen molar-refractivity contribution in [2.24, 2.45) is 5.10 Å². The topological polar surface area (TPSA) is 148 Å². The summed E-state index contributed by atoms with van der Waals surface area (Å²) in [5, 5.41) is 39.0. The highest BCUT2D eigenvalue weighted by Gasteiger charge is 2.14. The Labute approximate surface area is 144 Å². The van der Waals surface area contributed by atoms with Gasteiger partial charge in [-0.15, -0.1) is 0 Å². The molecule has 0 bridgehead atoms. The Balaban J connectivity index is 3.00. The maximum Gasteiger partial charge on any atom is 0.338 e. The van der Waals surface area contributed by atoms with E-state index in [4.69, 9.17) is 25.1 Å². The van der Waals surface area contributed by atoms with Crippen molar-refractivity contribution in [2.75, 3.05) is 25.2 Å². The average molecular weight is 346 g/mol. The molecule has 0 saturated heterocycles. The fourth-order valence-electron chi connectivity index (χ4n) is 1.58. The van der Waals surface area contributed by atoms with Gasteiger partial charge in [-0.25, -0.2) is 4.79 Å². The number of esters is 1. The van der Waals surface area contributed by atoms with Crippen LogP contribution in [-0.2, 0) is 4.74 Å². The summed E-state index contributed by atoms with van der Waals surface area (Å²) >= 11 is 0. The summed E-state index contributed by atoms with van der Waals surface area (Å²) in [7, 11) is 0. The Morgan fingerprint density at radius 2 is 2.12 bits per heavy atom. The lowest BCUT2D eigenvalue weighted by molar-refractivity contribution is 0.00933. The summed E-state index contributed by atoms with van der Waals surface area (Å²) in [5.74, 6) is -0.338. The third kappa shape index (κ3) is 6.47. The lowest BCUT2D eigenvalue weighted by atomic mass is 10.2. The number of benzene rings is 1. The summed E-state index contributed by atoms with van der Waals surface area (Å²) < 4.78 is 10.4. The summed E-state index contributed by atoms with van der Waals surface area (Å²) in [5.41, 5.74) is 2.54. The monoisotopic (exact) mass is 346 g/mol. The third-order valence-electron chi connectivity index (χ3n) is 2.79. The second-order valence-electron chi connectivity index (χ2n) is 4.79. The van der Waals surface area contributed by atoms with Crippen LogP contribution in [0.1, 0.15) is 23.7 Å². The minimum absolute atomic E-state index is 0.141. The van der Waals surface area contributed by atoms with Gasteiger partial charge in [0.25, 0.3) is 0 Å². The normalized spacial score (nSPS) is 10.8. The summed E-state index contributed by atoms with van der Waals surface area (Å²) in [6, 6.07) is 7.57. The van der Waals surface area contributed by atoms with Crippen molar-refractivity contribution in [3.63, 3.8) is 0 Å². The van der Waals surface area contributed by atoms with Crippen LogP contribution in [0.15, 0.2) is 23.3 Å². The molecule has 0 saturated carbocycles. The minimum Gasteiger partial charge on any atom is -0.491 e. The number of nitriles is 2. The Kier molecular flexibility index (Phi) is 8.44. The number of aliphatic hydroxyl groups is 2. The first kappa shape index (κ1) is 19.9. The number of rotatable bonds is 9. The minimum atomic E-state index is -1.16. The number of carbonyl (C=O) groups excluding carboxylic acids is 1. The number of carbonyl (C=O) groups is 1. The van der Waals surface area contributed by atoms with Crippen molar-refractivity contribution < 1.29 is 24.5 Å². The van der Waals surface area contributed by atoms with Crippen LogP contribution in [0, 0.1) is 22.7 Å². The van der Waals surface area contributed by atoms with E-state index in [-0.39, 0.29) is 23.6 Å². The van der Waals surface area contributed by atoms with Gasteiger partial charge in [-0.1, -0.05) is 6.92 Å². The van der Waals surface area contributed by atoms with Gasteiger partial charge < -0.3 is 19.7 Å². The van der Waals surface area contributed by atoms with Crippen LogP contribution >= 0.6 is 0 Å². The molecule has 1 unspecified atom stereocenters. The molecule has 0 heterocycles. The second-order valence-corrected chi connectivity index (χ2v) is 4.79. The standard InChI is InChI=1S/C16H18N4O5/c1-2-5-24-15-4-3-11(16(23)25-10-13(22)9-21)6-14(15)20-19-12(7-17)8-18/h3-4,6,13,20-22H,2,5,9-10H2,1H3. The third-order valence-corrected chi connectivity index (χ3v) is 2.79. The number of nitrogens with one attached hydrogen (secondary N) is 1. The lowest BCUT2D eigenvalue weighted by Gasteiger charge is -2.13. The molecule has 0 aromatic heterocycles. The lowest BCUT2D eigenvalue weighted by Crippen LogP contribution is -2.22. The fourth-order valence-corrected chi connectivity index (χ4v) is 1.58. The summed E-state index contributed by atoms with van der Waals surface area (Å²) in [6.45, 7) is 1.47. The molecule has 1 aromatic rings. The van der Waals surface area contributed by atoms with Gasteiger partial charge in [0.2, 0.25) is 5.71 Å². The molecule has 0 aliphatic rings. The molecule has 1 aromatic carbocycles. The number of aliphatic hydroxyl groups excluding tert-OH is 2. The Morgan fingerprint density at radius 1 is 1.40 bits per heavy atom. The van der Waals surface area contributed by atoms with Crippen molar-refractivity contribution in [1.82, 2.24) is 0 Å². The van der Waals surface area contributed by atoms with Crippen LogP contribution in [0.25, 0.3) is 0 Å². The van der Waals surface area contributed by atoms with Gasteiger partial charge in [0.05, 0.1) is 24.5 Å². The molecule has 0 fully saturated rings. The van der Waals surface area contributed by atoms with E-state index in [9.17, 15) is 9.90 Å². The van der Waals surface area contributed by atoms with Gasteiger partial charge >= 0.3 is 5.97 Å². The molecule has 132 valence electrons. The van der Waals surface area contributed by atoms with E-state index in [1.165, 1.54) is 18.2 Å². The van der Waals surface area contributed by atoms with Gasteiger partial charge in [0.15, 0.2) is 0 Å². The summed E-state index contributed by atoms with van der Waals surface area (Å²) in [6.07, 6.45) is -0.403. The number of nitrogens with zero attached hydrogens (tertiary/aromatic N) is 3. The molecule has 0 aliphatic carbocycles. The highest BCUT2D eigenvalue weighted by atomic mass is 16.5. The molecule has 0 aliphatic heterocycles. The molecule has 25 heavy (non-hydrogen) atoms. The number of ether oxygens (including phenoxy) is 2. The zero-order valence-electron chi connectivity index (χ0n) is 13.6. The van der Waals surface area contributed by atoms with Gasteiger partial charge in [0.1, 0.15) is 30.6 Å². The van der Waals surface area contributed by atoms with Gasteiger partial charge in [-0.05, 0) is 24.6 Å². The highest BCUT2D eigenvalue weighted by molar-refractivity contribution is 6.10. The van der Waals surface area contributed by atoms with Crippen LogP contribution in [0.2, 0.25) is 0 Å². The van der Waals surface area contributed by atoms with Gasteiger partial charge in [-0.3, -0.25) is 5.43 Å². The number of hydrazone groups is 1. The predicted octanol–water partition coefficient (Wildman–Crippen LogP) is 0.800. The zero-order chi connectivity index (χ0) is 18.7. The molecular weight excluding hydrogens is 328 g/mol. The van der Waals surface area contributed by atoms with E-state index in [1.54, 1.807) is 12.1 Å². The van der Waals surface area contributed by atoms with Crippen molar-refractivity contribution in [3.8, 4) is 17.9 Å². The Hall–Kier alpha value is -3.14. The van der Waals surface area contributed by atoms with E-state index in [0.29, 0.717) is 12.4 Å². The van der Waals surface area contributed by atoms with Crippen LogP contribution < -0.4 is 10.2 Å². The van der Waals surface area contributed by atoms with Crippen molar-refractivity contribution >= 4 is 17.4 Å². The van der Waals surface area contributed by atoms with E-state index < -0.39 is 18.7 Å². The quantitative estimate of drug-likeness (QED) is 0.338. The maximum absolute atomic E-state index is 12.0. The molecular formula is C16H18N4O5. The predicted molar refractivity (Wildman–Crippen MR) is 87.9 cm³/mol. The van der Waals surface area contributed by atoms with E-state index in [1.807, 2.05) is 6.92 Å². The number of anilines is 1. The van der Waals surface area contributed by atoms with Crippen LogP contribution in [-0.4, -0.2) is 47.8 Å². The molecule has 9 heteroatoms. The van der Waals surface area contributed by atoms with E-state index in [0.717, 1.165) is 6.42 Å². The largest absolute Gasteiger partial charge is 0.491 e.